The van der Waals surface area contributed by atoms with Gasteiger partial charge in [0, 0.05) is 19.5 Å². The van der Waals surface area contributed by atoms with Crippen molar-refractivity contribution in [1.29, 1.82) is 0 Å². The predicted molar refractivity (Wildman–Crippen MR) is 184 cm³/mol. The molecule has 0 saturated heterocycles. The number of anilines is 1. The van der Waals surface area contributed by atoms with E-state index in [0.29, 0.717) is 12.3 Å². The molecule has 4 aromatic rings. The molecule has 0 saturated carbocycles. The second-order valence-corrected chi connectivity index (χ2v) is 13.1. The molecule has 0 aliphatic heterocycles. The fourth-order valence-electron chi connectivity index (χ4n) is 5.21. The molecule has 0 unspecified atom stereocenters. The highest BCUT2D eigenvalue weighted by Gasteiger charge is 2.35. The molecular formula is C37H43N3O6S. The minimum absolute atomic E-state index is 0.0271. The van der Waals surface area contributed by atoms with Crippen molar-refractivity contribution in [2.75, 3.05) is 31.6 Å². The number of sulfonamides is 1. The molecule has 0 aromatic heterocycles. The second kappa shape index (κ2) is 16.6. The van der Waals surface area contributed by atoms with E-state index in [-0.39, 0.29) is 35.2 Å². The molecule has 0 heterocycles. The minimum Gasteiger partial charge on any atom is -0.497 e. The first-order chi connectivity index (χ1) is 22.7. The summed E-state index contributed by atoms with van der Waals surface area (Å²) in [6.45, 7) is 3.82. The molecule has 2 amide bonds. The van der Waals surface area contributed by atoms with Crippen LogP contribution in [0.1, 0.15) is 36.5 Å². The van der Waals surface area contributed by atoms with Crippen LogP contribution in [0, 0.1) is 6.92 Å². The SMILES string of the molecule is CCCCNC(=O)[C@@H](Cc1ccccc1)N(Cc1cccc(OC)c1)C(=O)CN(c1ccccc1OC)S(=O)(=O)c1ccc(C)cc1. The number of unbranched alkanes of at least 4 members (excludes halogenated alkanes) is 1. The summed E-state index contributed by atoms with van der Waals surface area (Å²) in [7, 11) is -1.25. The van der Waals surface area contributed by atoms with Crippen LogP contribution in [0.3, 0.4) is 0 Å². The maximum absolute atomic E-state index is 14.7. The lowest BCUT2D eigenvalue weighted by Gasteiger charge is -2.34. The van der Waals surface area contributed by atoms with Gasteiger partial charge >= 0.3 is 0 Å². The molecule has 4 aromatic carbocycles. The summed E-state index contributed by atoms with van der Waals surface area (Å²) in [6.07, 6.45) is 1.90. The molecule has 10 heteroatoms. The maximum Gasteiger partial charge on any atom is 0.264 e. The molecule has 0 radical (unpaired) electrons. The number of hydrogen-bond donors (Lipinski definition) is 1. The fraction of sp³-hybridized carbons (Fsp3) is 0.297. The Labute approximate surface area is 278 Å². The van der Waals surface area contributed by atoms with Gasteiger partial charge in [0.05, 0.1) is 24.8 Å². The van der Waals surface area contributed by atoms with Gasteiger partial charge in [0.25, 0.3) is 10.0 Å². The van der Waals surface area contributed by atoms with Crippen LogP contribution >= 0.6 is 0 Å². The first kappa shape index (κ1) is 35.0. The van der Waals surface area contributed by atoms with Crippen LogP contribution in [0.4, 0.5) is 5.69 Å². The number of rotatable bonds is 16. The monoisotopic (exact) mass is 657 g/mol. The van der Waals surface area contributed by atoms with Crippen molar-refractivity contribution < 1.29 is 27.5 Å². The zero-order valence-corrected chi connectivity index (χ0v) is 28.2. The van der Waals surface area contributed by atoms with Crippen molar-refractivity contribution in [3.63, 3.8) is 0 Å². The Balaban J connectivity index is 1.82. The molecule has 0 aliphatic rings. The highest BCUT2D eigenvalue weighted by atomic mass is 32.2. The molecule has 0 aliphatic carbocycles. The van der Waals surface area contributed by atoms with Gasteiger partial charge in [-0.3, -0.25) is 13.9 Å². The number of methoxy groups -OCH3 is 2. The highest BCUT2D eigenvalue weighted by molar-refractivity contribution is 7.92. The number of nitrogens with zero attached hydrogens (tertiary/aromatic N) is 2. The van der Waals surface area contributed by atoms with Crippen LogP contribution in [0.25, 0.3) is 0 Å². The first-order valence-electron chi connectivity index (χ1n) is 15.6. The van der Waals surface area contributed by atoms with Gasteiger partial charge in [0.15, 0.2) is 0 Å². The standard InChI is InChI=1S/C37H43N3O6S/c1-5-6-23-38-37(42)34(25-29-13-8-7-9-14-29)39(26-30-15-12-16-31(24-30)45-3)36(41)27-40(33-17-10-11-18-35(33)46-4)47(43,44)32-21-19-28(2)20-22-32/h7-22,24,34H,5-6,23,25-27H2,1-4H3,(H,38,42)/t34-/m1/s1. The van der Waals surface area contributed by atoms with Gasteiger partial charge in [-0.15, -0.1) is 0 Å². The van der Waals surface area contributed by atoms with E-state index in [0.717, 1.165) is 33.8 Å². The maximum atomic E-state index is 14.7. The Morgan fingerprint density at radius 3 is 2.19 bits per heavy atom. The molecular weight excluding hydrogens is 614 g/mol. The first-order valence-corrected chi connectivity index (χ1v) is 17.1. The van der Waals surface area contributed by atoms with Gasteiger partial charge in [-0.1, -0.05) is 85.6 Å². The minimum atomic E-state index is -4.25. The Kier molecular flexibility index (Phi) is 12.4. The largest absolute Gasteiger partial charge is 0.497 e. The number of carbonyl (C=O) groups is 2. The van der Waals surface area contributed by atoms with E-state index in [9.17, 15) is 18.0 Å². The zero-order chi connectivity index (χ0) is 33.8. The molecule has 248 valence electrons. The number of carbonyl (C=O) groups excluding carboxylic acids is 2. The van der Waals surface area contributed by atoms with E-state index in [1.54, 1.807) is 55.6 Å². The molecule has 47 heavy (non-hydrogen) atoms. The molecule has 0 bridgehead atoms. The number of aryl methyl sites for hydroxylation is 1. The lowest BCUT2D eigenvalue weighted by atomic mass is 10.0. The summed E-state index contributed by atoms with van der Waals surface area (Å²) in [4.78, 5) is 30.1. The van der Waals surface area contributed by atoms with E-state index in [1.807, 2.05) is 56.3 Å². The highest BCUT2D eigenvalue weighted by Crippen LogP contribution is 2.33. The van der Waals surface area contributed by atoms with Crippen LogP contribution < -0.4 is 19.1 Å². The van der Waals surface area contributed by atoms with Crippen LogP contribution in [0.15, 0.2) is 108 Å². The zero-order valence-electron chi connectivity index (χ0n) is 27.4. The summed E-state index contributed by atoms with van der Waals surface area (Å²) in [5, 5.41) is 3.00. The third-order valence-electron chi connectivity index (χ3n) is 7.83. The van der Waals surface area contributed by atoms with Crippen LogP contribution in [0.2, 0.25) is 0 Å². The number of para-hydroxylation sites is 2. The van der Waals surface area contributed by atoms with Gasteiger partial charge in [-0.05, 0) is 60.9 Å². The third-order valence-corrected chi connectivity index (χ3v) is 9.60. The summed E-state index contributed by atoms with van der Waals surface area (Å²) in [5.74, 6) is 0.0118. The van der Waals surface area contributed by atoms with Crippen molar-refractivity contribution in [2.24, 2.45) is 0 Å². The van der Waals surface area contributed by atoms with E-state index < -0.39 is 28.5 Å². The van der Waals surface area contributed by atoms with E-state index in [4.69, 9.17) is 9.47 Å². The second-order valence-electron chi connectivity index (χ2n) is 11.2. The average molecular weight is 658 g/mol. The fourth-order valence-corrected chi connectivity index (χ4v) is 6.64. The van der Waals surface area contributed by atoms with E-state index >= 15 is 0 Å². The Hall–Kier alpha value is -4.83. The lowest BCUT2D eigenvalue weighted by molar-refractivity contribution is -0.140. The Morgan fingerprint density at radius 1 is 0.830 bits per heavy atom. The summed E-state index contributed by atoms with van der Waals surface area (Å²) >= 11 is 0. The number of nitrogens with one attached hydrogen (secondary N) is 1. The van der Waals surface area contributed by atoms with Crippen LogP contribution in [0.5, 0.6) is 11.5 Å². The predicted octanol–water partition coefficient (Wildman–Crippen LogP) is 5.76. The Bertz CT molecular complexity index is 1730. The third kappa shape index (κ3) is 9.13. The van der Waals surface area contributed by atoms with Gasteiger partial charge in [0.2, 0.25) is 11.8 Å². The number of ether oxygens (including phenoxy) is 2. The smallest absolute Gasteiger partial charge is 0.264 e. The molecule has 1 N–H and O–H groups in total. The van der Waals surface area contributed by atoms with Gasteiger partial charge in [-0.2, -0.15) is 0 Å². The molecule has 0 fully saturated rings. The number of benzene rings is 4. The van der Waals surface area contributed by atoms with Gasteiger partial charge in [-0.25, -0.2) is 8.42 Å². The molecule has 9 nitrogen and oxygen atoms in total. The molecule has 4 rings (SSSR count). The summed E-state index contributed by atoms with van der Waals surface area (Å²) < 4.78 is 40.6. The van der Waals surface area contributed by atoms with Gasteiger partial charge in [0.1, 0.15) is 24.1 Å². The number of amides is 2. The van der Waals surface area contributed by atoms with Crippen molar-refractivity contribution >= 4 is 27.5 Å². The van der Waals surface area contributed by atoms with E-state index in [2.05, 4.69) is 5.32 Å². The van der Waals surface area contributed by atoms with Crippen molar-refractivity contribution in [3.05, 3.63) is 120 Å². The van der Waals surface area contributed by atoms with Crippen LogP contribution in [-0.2, 0) is 32.6 Å². The number of hydrogen-bond acceptors (Lipinski definition) is 6. The average Bonchev–Trinajstić information content (AvgIpc) is 3.09. The normalized spacial score (nSPS) is 11.7. The molecule has 0 spiro atoms. The Morgan fingerprint density at radius 2 is 1.51 bits per heavy atom. The summed E-state index contributed by atoms with van der Waals surface area (Å²) in [5.41, 5.74) is 2.69. The van der Waals surface area contributed by atoms with Crippen molar-refractivity contribution in [2.45, 2.75) is 50.6 Å². The van der Waals surface area contributed by atoms with Crippen molar-refractivity contribution in [1.82, 2.24) is 10.2 Å². The van der Waals surface area contributed by atoms with Crippen molar-refractivity contribution in [3.8, 4) is 11.5 Å². The van der Waals surface area contributed by atoms with Gasteiger partial charge < -0.3 is 19.7 Å². The lowest BCUT2D eigenvalue weighted by Crippen LogP contribution is -2.53. The molecule has 1 atom stereocenters. The quantitative estimate of drug-likeness (QED) is 0.154. The van der Waals surface area contributed by atoms with E-state index in [1.165, 1.54) is 24.1 Å². The summed E-state index contributed by atoms with van der Waals surface area (Å²) in [6, 6.07) is 28.9. The topological polar surface area (TPSA) is 105 Å². The van der Waals surface area contributed by atoms with Crippen LogP contribution in [-0.4, -0.2) is 58.5 Å².